The Morgan fingerprint density at radius 3 is 2.69 bits per heavy atom. The lowest BCUT2D eigenvalue weighted by molar-refractivity contribution is -0.119. The van der Waals surface area contributed by atoms with Gasteiger partial charge in [0.2, 0.25) is 5.91 Å². The molecule has 0 saturated heterocycles. The van der Waals surface area contributed by atoms with Crippen LogP contribution in [0.15, 0.2) is 72.9 Å². The SMILES string of the molecule is COCCN1C(=O)c2ccccc2C(C(=O)Nc2ccc(F)c(Cl)c2)C1c1c[nH]c2ccccc12. The predicted molar refractivity (Wildman–Crippen MR) is 133 cm³/mol. The van der Waals surface area contributed by atoms with E-state index in [2.05, 4.69) is 10.3 Å². The number of para-hydroxylation sites is 1. The van der Waals surface area contributed by atoms with Crippen molar-refractivity contribution in [2.75, 3.05) is 25.6 Å². The molecule has 4 aromatic rings. The van der Waals surface area contributed by atoms with E-state index in [0.717, 1.165) is 16.5 Å². The van der Waals surface area contributed by atoms with Gasteiger partial charge < -0.3 is 19.9 Å². The zero-order valence-corrected chi connectivity index (χ0v) is 19.7. The fraction of sp³-hybridized carbons (Fsp3) is 0.185. The molecule has 1 aliphatic rings. The Labute approximate surface area is 206 Å². The van der Waals surface area contributed by atoms with E-state index in [1.165, 1.54) is 18.2 Å². The number of aromatic nitrogens is 1. The Hall–Kier alpha value is -3.68. The first-order chi connectivity index (χ1) is 17.0. The summed E-state index contributed by atoms with van der Waals surface area (Å²) in [5, 5.41) is 3.72. The number of amides is 2. The molecule has 0 fully saturated rings. The fourth-order valence-corrected chi connectivity index (χ4v) is 4.97. The summed E-state index contributed by atoms with van der Waals surface area (Å²) in [6.07, 6.45) is 1.85. The summed E-state index contributed by atoms with van der Waals surface area (Å²) in [5.41, 5.74) is 3.21. The Balaban J connectivity index is 1.66. The Kier molecular flexibility index (Phi) is 6.28. The minimum atomic E-state index is -0.733. The van der Waals surface area contributed by atoms with Gasteiger partial charge in [-0.3, -0.25) is 9.59 Å². The number of ether oxygens (including phenoxy) is 1. The van der Waals surface area contributed by atoms with Gasteiger partial charge in [-0.1, -0.05) is 48.0 Å². The number of halogens is 2. The van der Waals surface area contributed by atoms with Crippen LogP contribution in [0.5, 0.6) is 0 Å². The largest absolute Gasteiger partial charge is 0.383 e. The maximum atomic E-state index is 13.9. The van der Waals surface area contributed by atoms with E-state index in [1.54, 1.807) is 24.1 Å². The smallest absolute Gasteiger partial charge is 0.254 e. The van der Waals surface area contributed by atoms with Crippen molar-refractivity contribution in [1.82, 2.24) is 9.88 Å². The number of benzene rings is 3. The van der Waals surface area contributed by atoms with Crippen molar-refractivity contribution in [3.05, 3.63) is 100 Å². The average Bonchev–Trinajstić information content (AvgIpc) is 3.29. The number of H-pyrrole nitrogens is 1. The molecule has 178 valence electrons. The molecular formula is C27H23ClFN3O3. The zero-order valence-electron chi connectivity index (χ0n) is 18.9. The van der Waals surface area contributed by atoms with E-state index in [0.29, 0.717) is 30.0 Å². The van der Waals surface area contributed by atoms with Gasteiger partial charge in [0.15, 0.2) is 0 Å². The van der Waals surface area contributed by atoms with E-state index < -0.39 is 17.8 Å². The first-order valence-electron chi connectivity index (χ1n) is 11.2. The van der Waals surface area contributed by atoms with Crippen molar-refractivity contribution in [1.29, 1.82) is 0 Å². The fourth-order valence-electron chi connectivity index (χ4n) is 4.79. The molecule has 0 saturated carbocycles. The van der Waals surface area contributed by atoms with Crippen LogP contribution >= 0.6 is 11.6 Å². The van der Waals surface area contributed by atoms with Gasteiger partial charge in [-0.15, -0.1) is 0 Å². The molecule has 6 nitrogen and oxygen atoms in total. The molecule has 1 aliphatic heterocycles. The summed E-state index contributed by atoms with van der Waals surface area (Å²) >= 11 is 5.94. The number of carbonyl (C=O) groups excluding carboxylic acids is 2. The molecule has 1 aromatic heterocycles. The van der Waals surface area contributed by atoms with Gasteiger partial charge >= 0.3 is 0 Å². The standard InChI is InChI=1S/C27H23ClFN3O3/c1-35-13-12-32-25(20-15-30-23-9-5-4-6-17(20)23)24(18-7-2-3-8-19(18)27(32)34)26(33)31-16-10-11-22(29)21(28)14-16/h2-11,14-15,24-25,30H,12-13H2,1H3,(H,31,33). The second kappa shape index (κ2) is 9.52. The van der Waals surface area contributed by atoms with Gasteiger partial charge in [0.05, 0.1) is 23.6 Å². The molecule has 8 heteroatoms. The summed E-state index contributed by atoms with van der Waals surface area (Å²) < 4.78 is 19.0. The maximum absolute atomic E-state index is 13.9. The molecular weight excluding hydrogens is 469 g/mol. The molecule has 2 N–H and O–H groups in total. The third-order valence-electron chi connectivity index (χ3n) is 6.38. The van der Waals surface area contributed by atoms with E-state index in [9.17, 15) is 14.0 Å². The summed E-state index contributed by atoms with van der Waals surface area (Å²) in [5.74, 6) is -1.79. The summed E-state index contributed by atoms with van der Waals surface area (Å²) in [6, 6.07) is 18.4. The van der Waals surface area contributed by atoms with Crippen molar-refractivity contribution in [3.63, 3.8) is 0 Å². The zero-order chi connectivity index (χ0) is 24.5. The van der Waals surface area contributed by atoms with Crippen molar-refractivity contribution in [3.8, 4) is 0 Å². The molecule has 2 atom stereocenters. The highest BCUT2D eigenvalue weighted by molar-refractivity contribution is 6.31. The van der Waals surface area contributed by atoms with Crippen LogP contribution in [0.2, 0.25) is 5.02 Å². The van der Waals surface area contributed by atoms with Crippen LogP contribution in [0.1, 0.15) is 33.4 Å². The molecule has 35 heavy (non-hydrogen) atoms. The number of nitrogens with one attached hydrogen (secondary N) is 2. The normalized spacial score (nSPS) is 17.5. The van der Waals surface area contributed by atoms with E-state index >= 15 is 0 Å². The second-order valence-electron chi connectivity index (χ2n) is 8.41. The minimum absolute atomic E-state index is 0.0862. The van der Waals surface area contributed by atoms with Crippen LogP contribution in [0.4, 0.5) is 10.1 Å². The molecule has 0 radical (unpaired) electrons. The molecule has 2 heterocycles. The minimum Gasteiger partial charge on any atom is -0.383 e. The molecule has 3 aromatic carbocycles. The number of fused-ring (bicyclic) bond motifs is 2. The summed E-state index contributed by atoms with van der Waals surface area (Å²) in [4.78, 5) is 32.5. The second-order valence-corrected chi connectivity index (χ2v) is 8.82. The van der Waals surface area contributed by atoms with Crippen LogP contribution in [0, 0.1) is 5.82 Å². The predicted octanol–water partition coefficient (Wildman–Crippen LogP) is 5.53. The number of carbonyl (C=O) groups is 2. The van der Waals surface area contributed by atoms with E-state index in [-0.39, 0.29) is 16.8 Å². The number of rotatable bonds is 6. The van der Waals surface area contributed by atoms with E-state index in [1.807, 2.05) is 42.6 Å². The Morgan fingerprint density at radius 2 is 1.89 bits per heavy atom. The average molecular weight is 492 g/mol. The molecule has 0 spiro atoms. The number of nitrogens with zero attached hydrogens (tertiary/aromatic N) is 1. The monoisotopic (exact) mass is 491 g/mol. The lowest BCUT2D eigenvalue weighted by Crippen LogP contribution is -2.47. The number of hydrogen-bond donors (Lipinski definition) is 2. The maximum Gasteiger partial charge on any atom is 0.254 e. The lowest BCUT2D eigenvalue weighted by atomic mass is 9.79. The van der Waals surface area contributed by atoms with Crippen LogP contribution in [-0.2, 0) is 9.53 Å². The number of anilines is 1. The summed E-state index contributed by atoms with van der Waals surface area (Å²) in [7, 11) is 1.57. The molecule has 0 aliphatic carbocycles. The van der Waals surface area contributed by atoms with Gasteiger partial charge in [-0.05, 0) is 35.9 Å². The van der Waals surface area contributed by atoms with E-state index in [4.69, 9.17) is 16.3 Å². The molecule has 5 rings (SSSR count). The van der Waals surface area contributed by atoms with Gasteiger partial charge in [0.1, 0.15) is 5.82 Å². The van der Waals surface area contributed by atoms with Crippen molar-refractivity contribution >= 4 is 40.0 Å². The van der Waals surface area contributed by atoms with Gasteiger partial charge in [-0.25, -0.2) is 4.39 Å². The number of hydrogen-bond acceptors (Lipinski definition) is 3. The first-order valence-corrected chi connectivity index (χ1v) is 11.6. The van der Waals surface area contributed by atoms with Crippen LogP contribution in [0.25, 0.3) is 10.9 Å². The quantitative estimate of drug-likeness (QED) is 0.372. The van der Waals surface area contributed by atoms with Crippen molar-refractivity contribution in [2.24, 2.45) is 0 Å². The van der Waals surface area contributed by atoms with Crippen molar-refractivity contribution in [2.45, 2.75) is 12.0 Å². The van der Waals surface area contributed by atoms with Crippen molar-refractivity contribution < 1.29 is 18.7 Å². The highest BCUT2D eigenvalue weighted by Gasteiger charge is 2.44. The van der Waals surface area contributed by atoms with Crippen LogP contribution in [0.3, 0.4) is 0 Å². The van der Waals surface area contributed by atoms with Gasteiger partial charge in [0, 0.05) is 47.6 Å². The van der Waals surface area contributed by atoms with Gasteiger partial charge in [-0.2, -0.15) is 0 Å². The molecule has 2 amide bonds. The summed E-state index contributed by atoms with van der Waals surface area (Å²) in [6.45, 7) is 0.620. The van der Waals surface area contributed by atoms with Crippen LogP contribution < -0.4 is 5.32 Å². The first kappa shape index (κ1) is 23.1. The topological polar surface area (TPSA) is 74.4 Å². The third kappa shape index (κ3) is 4.17. The molecule has 0 bridgehead atoms. The number of aromatic amines is 1. The van der Waals surface area contributed by atoms with Gasteiger partial charge in [0.25, 0.3) is 5.91 Å². The number of methoxy groups -OCH3 is 1. The highest BCUT2D eigenvalue weighted by atomic mass is 35.5. The Bertz CT molecular complexity index is 1420. The lowest BCUT2D eigenvalue weighted by Gasteiger charge is -2.41. The Morgan fingerprint density at radius 1 is 1.11 bits per heavy atom. The highest BCUT2D eigenvalue weighted by Crippen LogP contribution is 2.45. The third-order valence-corrected chi connectivity index (χ3v) is 6.67. The van der Waals surface area contributed by atoms with Crippen LogP contribution in [-0.4, -0.2) is 42.0 Å². The molecule has 2 unspecified atom stereocenters.